The van der Waals surface area contributed by atoms with Crippen molar-refractivity contribution in [3.63, 3.8) is 0 Å². The van der Waals surface area contributed by atoms with E-state index in [0.717, 1.165) is 0 Å². The number of nitrogens with one attached hydrogen (secondary N) is 2. The van der Waals surface area contributed by atoms with Crippen molar-refractivity contribution >= 4 is 23.6 Å². The van der Waals surface area contributed by atoms with E-state index in [4.69, 9.17) is 17.2 Å². The highest BCUT2D eigenvalue weighted by Crippen LogP contribution is 2.12. The van der Waals surface area contributed by atoms with Crippen LogP contribution in [0.5, 0.6) is 0 Å². The summed E-state index contributed by atoms with van der Waals surface area (Å²) in [7, 11) is 0. The Morgan fingerprint density at radius 1 is 1.33 bits per heavy atom. The third kappa shape index (κ3) is 4.20. The van der Waals surface area contributed by atoms with Gasteiger partial charge in [-0.2, -0.15) is 0 Å². The number of hydrogen-bond donors (Lipinski definition) is 5. The van der Waals surface area contributed by atoms with Crippen LogP contribution in [0.25, 0.3) is 0 Å². The van der Waals surface area contributed by atoms with Crippen LogP contribution in [0.1, 0.15) is 6.42 Å². The number of anilines is 2. The Hall–Kier alpha value is -2.66. The monoisotopic (exact) mass is 338 g/mol. The summed E-state index contributed by atoms with van der Waals surface area (Å²) in [5.41, 5.74) is 16.1. The Balaban J connectivity index is 1.98. The lowest BCUT2D eigenvalue weighted by molar-refractivity contribution is -0.133. The predicted molar refractivity (Wildman–Crippen MR) is 88.5 cm³/mol. The van der Waals surface area contributed by atoms with Crippen molar-refractivity contribution < 1.29 is 9.59 Å². The molecular formula is C13H22N8O3. The third-order valence-electron chi connectivity index (χ3n) is 3.75. The maximum atomic E-state index is 12.1. The SMILES string of the molecule is NCCC(N)C(=O)N1CCN(c2cnc(NC(N)=O)[nH]c2=O)CC1. The fourth-order valence-electron chi connectivity index (χ4n) is 2.50. The molecular weight excluding hydrogens is 316 g/mol. The van der Waals surface area contributed by atoms with Gasteiger partial charge in [-0.3, -0.25) is 19.9 Å². The minimum absolute atomic E-state index is 0.0159. The largest absolute Gasteiger partial charge is 0.362 e. The van der Waals surface area contributed by atoms with Gasteiger partial charge >= 0.3 is 6.03 Å². The quantitative estimate of drug-likeness (QED) is 0.397. The topological polar surface area (TPSA) is 176 Å². The van der Waals surface area contributed by atoms with Crippen molar-refractivity contribution in [2.45, 2.75) is 12.5 Å². The van der Waals surface area contributed by atoms with E-state index < -0.39 is 17.6 Å². The highest BCUT2D eigenvalue weighted by Gasteiger charge is 2.26. The Bertz CT molecular complexity index is 653. The standard InChI is InChI=1S/C13H22N8O3/c14-2-1-8(15)11(23)21-5-3-20(4-6-21)9-7-17-13(18-10(9)22)19-12(16)24/h7-8H,1-6,14-15H2,(H4,16,17,18,19,22,24). The lowest BCUT2D eigenvalue weighted by atomic mass is 10.1. The van der Waals surface area contributed by atoms with Gasteiger partial charge in [0, 0.05) is 26.2 Å². The molecule has 1 aliphatic heterocycles. The smallest absolute Gasteiger partial charge is 0.318 e. The number of carbonyl (C=O) groups is 2. The molecule has 0 aromatic carbocycles. The van der Waals surface area contributed by atoms with Gasteiger partial charge in [0.15, 0.2) is 0 Å². The number of carbonyl (C=O) groups excluding carboxylic acids is 2. The molecule has 11 nitrogen and oxygen atoms in total. The van der Waals surface area contributed by atoms with Crippen LogP contribution >= 0.6 is 0 Å². The average molecular weight is 338 g/mol. The first kappa shape index (κ1) is 17.7. The molecule has 132 valence electrons. The second-order valence-electron chi connectivity index (χ2n) is 5.43. The van der Waals surface area contributed by atoms with Gasteiger partial charge in [0.1, 0.15) is 5.69 Å². The number of nitrogens with two attached hydrogens (primary N) is 3. The Kier molecular flexibility index (Phi) is 5.71. The number of nitrogens with zero attached hydrogens (tertiary/aromatic N) is 3. The normalized spacial score (nSPS) is 15.9. The first-order chi connectivity index (χ1) is 11.4. The molecule has 0 bridgehead atoms. The fourth-order valence-corrected chi connectivity index (χ4v) is 2.50. The number of amides is 3. The number of rotatable bonds is 5. The molecule has 1 atom stereocenters. The Labute approximate surface area is 138 Å². The number of hydrogen-bond acceptors (Lipinski definition) is 7. The average Bonchev–Trinajstić information content (AvgIpc) is 2.54. The van der Waals surface area contributed by atoms with Crippen LogP contribution in [0.4, 0.5) is 16.4 Å². The zero-order valence-corrected chi connectivity index (χ0v) is 13.2. The molecule has 11 heteroatoms. The zero-order valence-electron chi connectivity index (χ0n) is 13.2. The first-order valence-corrected chi connectivity index (χ1v) is 7.57. The molecule has 2 heterocycles. The van der Waals surface area contributed by atoms with E-state index in [1.54, 1.807) is 4.90 Å². The van der Waals surface area contributed by atoms with Crippen LogP contribution in [0, 0.1) is 0 Å². The van der Waals surface area contributed by atoms with Crippen molar-refractivity contribution in [2.24, 2.45) is 17.2 Å². The van der Waals surface area contributed by atoms with Crippen molar-refractivity contribution in [1.82, 2.24) is 14.9 Å². The van der Waals surface area contributed by atoms with Crippen LogP contribution in [-0.2, 0) is 4.79 Å². The van der Waals surface area contributed by atoms with Crippen molar-refractivity contribution in [2.75, 3.05) is 42.9 Å². The lowest BCUT2D eigenvalue weighted by Crippen LogP contribution is -2.54. The number of urea groups is 1. The highest BCUT2D eigenvalue weighted by atomic mass is 16.2. The summed E-state index contributed by atoms with van der Waals surface area (Å²) < 4.78 is 0. The Morgan fingerprint density at radius 3 is 2.54 bits per heavy atom. The predicted octanol–water partition coefficient (Wildman–Crippen LogP) is -2.41. The number of primary amides is 1. The maximum absolute atomic E-state index is 12.1. The Morgan fingerprint density at radius 2 is 2.00 bits per heavy atom. The lowest BCUT2D eigenvalue weighted by Gasteiger charge is -2.36. The van der Waals surface area contributed by atoms with Crippen LogP contribution in [0.15, 0.2) is 11.0 Å². The minimum atomic E-state index is -0.813. The van der Waals surface area contributed by atoms with Gasteiger partial charge in [-0.15, -0.1) is 0 Å². The molecule has 3 amide bonds. The van der Waals surface area contributed by atoms with Crippen molar-refractivity contribution in [1.29, 1.82) is 0 Å². The molecule has 0 radical (unpaired) electrons. The maximum Gasteiger partial charge on any atom is 0.318 e. The summed E-state index contributed by atoms with van der Waals surface area (Å²) in [6, 6.07) is -1.40. The molecule has 8 N–H and O–H groups in total. The van der Waals surface area contributed by atoms with Crippen LogP contribution in [0.3, 0.4) is 0 Å². The van der Waals surface area contributed by atoms with Gasteiger partial charge in [0.05, 0.1) is 12.2 Å². The van der Waals surface area contributed by atoms with Crippen molar-refractivity contribution in [3.05, 3.63) is 16.6 Å². The summed E-state index contributed by atoms with van der Waals surface area (Å²) in [6.07, 6.45) is 1.80. The van der Waals surface area contributed by atoms with Crippen molar-refractivity contribution in [3.8, 4) is 0 Å². The molecule has 1 unspecified atom stereocenters. The van der Waals surface area contributed by atoms with Gasteiger partial charge in [-0.1, -0.05) is 0 Å². The van der Waals surface area contributed by atoms with E-state index in [2.05, 4.69) is 15.3 Å². The summed E-state index contributed by atoms with van der Waals surface area (Å²) in [4.78, 5) is 44.8. The molecule has 0 aliphatic carbocycles. The summed E-state index contributed by atoms with van der Waals surface area (Å²) >= 11 is 0. The molecule has 24 heavy (non-hydrogen) atoms. The molecule has 0 saturated carbocycles. The van der Waals surface area contributed by atoms with Crippen LogP contribution < -0.4 is 33.0 Å². The number of aromatic amines is 1. The van der Waals surface area contributed by atoms with Gasteiger partial charge in [-0.05, 0) is 13.0 Å². The molecule has 1 aliphatic rings. The molecule has 1 aromatic heterocycles. The van der Waals surface area contributed by atoms with E-state index >= 15 is 0 Å². The van der Waals surface area contributed by atoms with E-state index in [9.17, 15) is 14.4 Å². The second kappa shape index (κ2) is 7.75. The van der Waals surface area contributed by atoms with E-state index in [-0.39, 0.29) is 11.9 Å². The third-order valence-corrected chi connectivity index (χ3v) is 3.75. The van der Waals surface area contributed by atoms with Gasteiger partial charge < -0.3 is 27.0 Å². The zero-order chi connectivity index (χ0) is 17.7. The first-order valence-electron chi connectivity index (χ1n) is 7.57. The van der Waals surface area contributed by atoms with E-state index in [0.29, 0.717) is 44.8 Å². The second-order valence-corrected chi connectivity index (χ2v) is 5.43. The number of aromatic nitrogens is 2. The molecule has 1 aromatic rings. The van der Waals surface area contributed by atoms with Gasteiger partial charge in [-0.25, -0.2) is 9.78 Å². The molecule has 0 spiro atoms. The number of H-pyrrole nitrogens is 1. The minimum Gasteiger partial charge on any atom is -0.362 e. The fraction of sp³-hybridized carbons (Fsp3) is 0.538. The highest BCUT2D eigenvalue weighted by molar-refractivity contribution is 5.85. The van der Waals surface area contributed by atoms with Crippen LogP contribution in [0.2, 0.25) is 0 Å². The van der Waals surface area contributed by atoms with Crippen LogP contribution in [-0.4, -0.2) is 65.6 Å². The molecule has 2 rings (SSSR count). The molecule has 1 fully saturated rings. The van der Waals surface area contributed by atoms with Gasteiger partial charge in [0.2, 0.25) is 11.9 Å². The number of piperazine rings is 1. The van der Waals surface area contributed by atoms with E-state index in [1.807, 2.05) is 4.90 Å². The summed E-state index contributed by atoms with van der Waals surface area (Å²) in [5, 5.41) is 2.20. The van der Waals surface area contributed by atoms with E-state index in [1.165, 1.54) is 6.20 Å². The summed E-state index contributed by atoms with van der Waals surface area (Å²) in [5.74, 6) is -0.147. The summed E-state index contributed by atoms with van der Waals surface area (Å²) in [6.45, 7) is 2.23. The molecule has 1 saturated heterocycles. The van der Waals surface area contributed by atoms with Gasteiger partial charge in [0.25, 0.3) is 5.56 Å².